The van der Waals surface area contributed by atoms with Gasteiger partial charge in [-0.3, -0.25) is 4.79 Å². The third-order valence-corrected chi connectivity index (χ3v) is 7.33. The number of carboxylic acid groups (broad SMARTS) is 1. The van der Waals surface area contributed by atoms with E-state index in [0.29, 0.717) is 25.7 Å². The van der Waals surface area contributed by atoms with Crippen molar-refractivity contribution in [2.75, 3.05) is 13.1 Å². The van der Waals surface area contributed by atoms with Crippen LogP contribution in [-0.2, 0) is 27.2 Å². The van der Waals surface area contributed by atoms with E-state index in [-0.39, 0.29) is 31.3 Å². The number of carbonyl (C=O) groups is 2. The van der Waals surface area contributed by atoms with Crippen LogP contribution in [0, 0.1) is 17.8 Å². The molecule has 1 aliphatic carbocycles. The Hall–Kier alpha value is -2.51. The van der Waals surface area contributed by atoms with E-state index in [9.17, 15) is 49.5 Å². The van der Waals surface area contributed by atoms with E-state index >= 15 is 0 Å². The minimum absolute atomic E-state index is 0.0221. The van der Waals surface area contributed by atoms with E-state index in [1.807, 2.05) is 0 Å². The SMILES string of the molecule is O=C(NS(=O)(=O)c1cc(C(F)(F)F)cc(C(F)(F)F)c1)C1[C@@H]2CCCC[C@H]1CN(C(=O)O)C2. The predicted molar refractivity (Wildman–Crippen MR) is 100 cm³/mol. The molecule has 7 nitrogen and oxygen atoms in total. The molecule has 33 heavy (non-hydrogen) atoms. The fourth-order valence-corrected chi connectivity index (χ4v) is 5.62. The van der Waals surface area contributed by atoms with Gasteiger partial charge in [-0.1, -0.05) is 12.8 Å². The van der Waals surface area contributed by atoms with Crippen LogP contribution in [0.15, 0.2) is 23.1 Å². The summed E-state index contributed by atoms with van der Waals surface area (Å²) in [6.07, 6.45) is -9.49. The number of benzene rings is 1. The molecule has 1 heterocycles. The number of rotatable bonds is 3. The number of hydrogen-bond acceptors (Lipinski definition) is 4. The summed E-state index contributed by atoms with van der Waals surface area (Å²) in [6, 6.07) is -0.146. The number of fused-ring (bicyclic) bond motifs is 2. The molecule has 1 aromatic carbocycles. The van der Waals surface area contributed by atoms with Crippen molar-refractivity contribution in [3.8, 4) is 0 Å². The molecular weight excluding hydrogens is 482 g/mol. The van der Waals surface area contributed by atoms with Crippen molar-refractivity contribution >= 4 is 22.0 Å². The van der Waals surface area contributed by atoms with Gasteiger partial charge in [0.25, 0.3) is 10.0 Å². The number of sulfonamides is 1. The summed E-state index contributed by atoms with van der Waals surface area (Å²) < 4.78 is 105. The quantitative estimate of drug-likeness (QED) is 0.610. The van der Waals surface area contributed by atoms with Gasteiger partial charge in [0.2, 0.25) is 5.91 Å². The van der Waals surface area contributed by atoms with Gasteiger partial charge in [0.15, 0.2) is 0 Å². The first-order valence-electron chi connectivity index (χ1n) is 9.93. The molecule has 1 aliphatic heterocycles. The van der Waals surface area contributed by atoms with Crippen molar-refractivity contribution in [1.82, 2.24) is 9.62 Å². The monoisotopic (exact) mass is 502 g/mol. The van der Waals surface area contributed by atoms with Crippen molar-refractivity contribution in [2.24, 2.45) is 17.8 Å². The highest BCUT2D eigenvalue weighted by atomic mass is 32.2. The lowest BCUT2D eigenvalue weighted by Gasteiger charge is -2.40. The van der Waals surface area contributed by atoms with Crippen molar-refractivity contribution in [3.05, 3.63) is 29.3 Å². The Morgan fingerprint density at radius 2 is 1.36 bits per heavy atom. The molecule has 2 amide bonds. The van der Waals surface area contributed by atoms with E-state index in [1.54, 1.807) is 4.72 Å². The average Bonchev–Trinajstić information content (AvgIpc) is 2.81. The average molecular weight is 502 g/mol. The second kappa shape index (κ2) is 8.69. The highest BCUT2D eigenvalue weighted by molar-refractivity contribution is 7.90. The first kappa shape index (κ1) is 25.1. The molecule has 2 aliphatic rings. The lowest BCUT2D eigenvalue weighted by molar-refractivity contribution is -0.143. The second-order valence-corrected chi connectivity index (χ2v) is 9.91. The van der Waals surface area contributed by atoms with Crippen LogP contribution in [0.1, 0.15) is 36.8 Å². The van der Waals surface area contributed by atoms with Crippen LogP contribution in [0.5, 0.6) is 0 Å². The minimum atomic E-state index is -5.26. The maximum absolute atomic E-state index is 13.1. The van der Waals surface area contributed by atoms with Gasteiger partial charge in [-0.15, -0.1) is 0 Å². The summed E-state index contributed by atoms with van der Waals surface area (Å²) in [6.45, 7) is -0.0442. The number of likely N-dealkylation sites (tertiary alicyclic amines) is 1. The number of hydrogen-bond donors (Lipinski definition) is 2. The molecular formula is C19H20F6N2O5S. The van der Waals surface area contributed by atoms with Crippen LogP contribution in [0.2, 0.25) is 0 Å². The van der Waals surface area contributed by atoms with Crippen LogP contribution in [0.4, 0.5) is 31.1 Å². The molecule has 14 heteroatoms. The van der Waals surface area contributed by atoms with E-state index in [2.05, 4.69) is 0 Å². The maximum atomic E-state index is 13.1. The van der Waals surface area contributed by atoms with Crippen molar-refractivity contribution in [3.63, 3.8) is 0 Å². The summed E-state index contributed by atoms with van der Waals surface area (Å²) in [5, 5.41) is 9.27. The van der Waals surface area contributed by atoms with Crippen LogP contribution < -0.4 is 4.72 Å². The van der Waals surface area contributed by atoms with Gasteiger partial charge < -0.3 is 10.0 Å². The Morgan fingerprint density at radius 3 is 1.76 bits per heavy atom. The Kier molecular flexibility index (Phi) is 6.61. The van der Waals surface area contributed by atoms with Gasteiger partial charge in [-0.05, 0) is 42.9 Å². The molecule has 1 unspecified atom stereocenters. The summed E-state index contributed by atoms with van der Waals surface area (Å²) in [5.74, 6) is -3.05. The normalized spacial score (nSPS) is 24.2. The zero-order valence-electron chi connectivity index (χ0n) is 16.9. The highest BCUT2D eigenvalue weighted by Gasteiger charge is 2.45. The van der Waals surface area contributed by atoms with Gasteiger partial charge in [0.05, 0.1) is 16.0 Å². The molecule has 1 saturated carbocycles. The third kappa shape index (κ3) is 5.53. The lowest BCUT2D eigenvalue weighted by atomic mass is 9.76. The number of piperidine rings is 1. The largest absolute Gasteiger partial charge is 0.465 e. The summed E-state index contributed by atoms with van der Waals surface area (Å²) in [5.41, 5.74) is -3.65. The molecule has 2 N–H and O–H groups in total. The van der Waals surface area contributed by atoms with Crippen molar-refractivity contribution in [1.29, 1.82) is 0 Å². The summed E-state index contributed by atoms with van der Waals surface area (Å²) >= 11 is 0. The number of nitrogens with zero attached hydrogens (tertiary/aromatic N) is 1. The molecule has 2 fully saturated rings. The molecule has 0 aromatic heterocycles. The van der Waals surface area contributed by atoms with E-state index in [1.165, 1.54) is 0 Å². The van der Waals surface area contributed by atoms with Crippen LogP contribution in [0.25, 0.3) is 0 Å². The van der Waals surface area contributed by atoms with Crippen LogP contribution in [0.3, 0.4) is 0 Å². The molecule has 0 radical (unpaired) electrons. The highest BCUT2D eigenvalue weighted by Crippen LogP contribution is 2.40. The fourth-order valence-electron chi connectivity index (χ4n) is 4.53. The Labute approximate surface area is 184 Å². The van der Waals surface area contributed by atoms with E-state index in [0.717, 1.165) is 4.90 Å². The van der Waals surface area contributed by atoms with Crippen LogP contribution in [-0.4, -0.2) is 43.5 Å². The van der Waals surface area contributed by atoms with Gasteiger partial charge in [0, 0.05) is 19.0 Å². The van der Waals surface area contributed by atoms with E-state index < -0.39 is 68.2 Å². The number of amides is 2. The smallest absolute Gasteiger partial charge is 0.416 e. The standard InChI is InChI=1S/C19H20F6N2O5S/c20-18(21,22)12-5-13(19(23,24)25)7-14(6-12)33(31,32)26-16(28)15-10-3-1-2-4-11(15)9-27(8-10)17(29)30/h5-7,10-11,15H,1-4,8-9H2,(H,26,28)(H,29,30)/t10-,11+,15?. The molecule has 2 bridgehead atoms. The molecule has 3 atom stereocenters. The maximum Gasteiger partial charge on any atom is 0.416 e. The van der Waals surface area contributed by atoms with E-state index in [4.69, 9.17) is 0 Å². The Morgan fingerprint density at radius 1 is 0.909 bits per heavy atom. The Balaban J connectivity index is 1.93. The van der Waals surface area contributed by atoms with Gasteiger partial charge >= 0.3 is 18.4 Å². The molecule has 1 aromatic rings. The van der Waals surface area contributed by atoms with Crippen molar-refractivity contribution in [2.45, 2.75) is 42.9 Å². The number of alkyl halides is 6. The van der Waals surface area contributed by atoms with Crippen molar-refractivity contribution < 1.29 is 49.5 Å². The zero-order valence-corrected chi connectivity index (χ0v) is 17.7. The van der Waals surface area contributed by atoms with Crippen LogP contribution >= 0.6 is 0 Å². The number of carbonyl (C=O) groups excluding carboxylic acids is 1. The van der Waals surface area contributed by atoms with Gasteiger partial charge in [0.1, 0.15) is 0 Å². The second-order valence-electron chi connectivity index (χ2n) is 8.23. The zero-order chi connectivity index (χ0) is 24.8. The summed E-state index contributed by atoms with van der Waals surface area (Å²) in [7, 11) is -5.08. The van der Waals surface area contributed by atoms with Gasteiger partial charge in [-0.2, -0.15) is 26.3 Å². The molecule has 3 rings (SSSR count). The minimum Gasteiger partial charge on any atom is -0.465 e. The molecule has 1 saturated heterocycles. The lowest BCUT2D eigenvalue weighted by Crippen LogP contribution is -2.53. The predicted octanol–water partition coefficient (Wildman–Crippen LogP) is 3.95. The number of halogens is 6. The first-order valence-corrected chi connectivity index (χ1v) is 11.4. The molecule has 184 valence electrons. The van der Waals surface area contributed by atoms with Gasteiger partial charge in [-0.25, -0.2) is 17.9 Å². The number of nitrogens with one attached hydrogen (secondary N) is 1. The topological polar surface area (TPSA) is 104 Å². The first-order chi connectivity index (χ1) is 15.1. The fraction of sp³-hybridized carbons (Fsp3) is 0.579. The molecule has 0 spiro atoms. The third-order valence-electron chi connectivity index (χ3n) is 6.01. The Bertz CT molecular complexity index is 992. The summed E-state index contributed by atoms with van der Waals surface area (Å²) in [4.78, 5) is 24.0.